The fourth-order valence-corrected chi connectivity index (χ4v) is 4.93. The molecule has 0 fully saturated rings. The van der Waals surface area contributed by atoms with Crippen molar-refractivity contribution in [1.82, 2.24) is 0 Å². The van der Waals surface area contributed by atoms with Crippen LogP contribution < -0.4 is 0 Å². The van der Waals surface area contributed by atoms with Gasteiger partial charge in [-0.05, 0) is 37.8 Å². The molecule has 0 unspecified atom stereocenters. The lowest BCUT2D eigenvalue weighted by atomic mass is 9.98. The van der Waals surface area contributed by atoms with Crippen molar-refractivity contribution in [3.63, 3.8) is 0 Å². The second-order valence-corrected chi connectivity index (χ2v) is 11.0. The van der Waals surface area contributed by atoms with Gasteiger partial charge in [0.1, 0.15) is 6.10 Å². The van der Waals surface area contributed by atoms with Gasteiger partial charge in [-0.3, -0.25) is 4.18 Å². The highest BCUT2D eigenvalue weighted by Crippen LogP contribution is 2.23. The molecule has 0 aliphatic carbocycles. The molecule has 0 aliphatic heterocycles. The molecule has 1 aromatic carbocycles. The predicted octanol–water partition coefficient (Wildman–Crippen LogP) is 7.18. The fraction of sp³-hybridized carbons (Fsp3) is 0.769. The van der Waals surface area contributed by atoms with Crippen molar-refractivity contribution in [2.45, 2.75) is 128 Å². The molecule has 180 valence electrons. The van der Waals surface area contributed by atoms with Crippen LogP contribution in [0.15, 0.2) is 29.2 Å². The van der Waals surface area contributed by atoms with Crippen LogP contribution in [0.25, 0.3) is 0 Å². The van der Waals surface area contributed by atoms with Crippen molar-refractivity contribution in [2.24, 2.45) is 5.92 Å². The summed E-state index contributed by atoms with van der Waals surface area (Å²) in [7, 11) is -3.88. The van der Waals surface area contributed by atoms with Gasteiger partial charge in [0, 0.05) is 0 Å². The van der Waals surface area contributed by atoms with E-state index < -0.39 is 22.3 Å². The number of aliphatic hydroxyl groups is 1. The van der Waals surface area contributed by atoms with Crippen molar-refractivity contribution in [3.05, 3.63) is 29.8 Å². The van der Waals surface area contributed by atoms with E-state index in [4.69, 9.17) is 4.18 Å². The molecule has 0 spiro atoms. The van der Waals surface area contributed by atoms with Crippen molar-refractivity contribution < 1.29 is 17.7 Å². The van der Waals surface area contributed by atoms with E-state index in [1.807, 2.05) is 6.92 Å². The minimum atomic E-state index is -3.88. The van der Waals surface area contributed by atoms with Crippen LogP contribution >= 0.6 is 0 Å². The monoisotopic (exact) mass is 454 g/mol. The van der Waals surface area contributed by atoms with E-state index in [0.717, 1.165) is 37.7 Å². The van der Waals surface area contributed by atoms with Crippen LogP contribution in [0.2, 0.25) is 0 Å². The molecular weight excluding hydrogens is 408 g/mol. The molecule has 0 saturated carbocycles. The van der Waals surface area contributed by atoms with Gasteiger partial charge < -0.3 is 5.11 Å². The van der Waals surface area contributed by atoms with Crippen LogP contribution in [0.4, 0.5) is 0 Å². The first-order valence-electron chi connectivity index (χ1n) is 12.4. The Labute approximate surface area is 191 Å². The molecule has 0 aromatic heterocycles. The summed E-state index contributed by atoms with van der Waals surface area (Å²) in [5, 5.41) is 10.8. The Kier molecular flexibility index (Phi) is 14.4. The molecule has 31 heavy (non-hydrogen) atoms. The first-order valence-corrected chi connectivity index (χ1v) is 13.8. The zero-order valence-corrected chi connectivity index (χ0v) is 21.1. The molecule has 1 N–H and O–H groups in total. The third-order valence-electron chi connectivity index (χ3n) is 5.86. The predicted molar refractivity (Wildman–Crippen MR) is 130 cm³/mol. The third-order valence-corrected chi connectivity index (χ3v) is 7.21. The molecule has 0 bridgehead atoms. The Morgan fingerprint density at radius 3 is 1.90 bits per heavy atom. The number of rotatable bonds is 18. The molecule has 0 amide bonds. The van der Waals surface area contributed by atoms with Gasteiger partial charge in [0.25, 0.3) is 10.1 Å². The van der Waals surface area contributed by atoms with Crippen LogP contribution in [0, 0.1) is 12.8 Å². The Morgan fingerprint density at radius 2 is 1.32 bits per heavy atom. The van der Waals surface area contributed by atoms with Crippen molar-refractivity contribution >= 4 is 10.1 Å². The van der Waals surface area contributed by atoms with E-state index in [1.165, 1.54) is 38.5 Å². The average Bonchev–Trinajstić information content (AvgIpc) is 2.72. The highest BCUT2D eigenvalue weighted by molar-refractivity contribution is 7.86. The van der Waals surface area contributed by atoms with Gasteiger partial charge in [-0.25, -0.2) is 0 Å². The molecular formula is C26H46O4S. The van der Waals surface area contributed by atoms with E-state index in [1.54, 1.807) is 24.3 Å². The van der Waals surface area contributed by atoms with Crippen LogP contribution in [0.3, 0.4) is 0 Å². The topological polar surface area (TPSA) is 63.6 Å². The molecule has 0 aliphatic rings. The molecule has 1 aromatic rings. The van der Waals surface area contributed by atoms with Crippen molar-refractivity contribution in [2.75, 3.05) is 0 Å². The highest BCUT2D eigenvalue weighted by atomic mass is 32.2. The molecule has 0 heterocycles. The van der Waals surface area contributed by atoms with Gasteiger partial charge in [-0.15, -0.1) is 0 Å². The molecule has 4 nitrogen and oxygen atoms in total. The van der Waals surface area contributed by atoms with Crippen LogP contribution in [-0.2, 0) is 14.3 Å². The van der Waals surface area contributed by atoms with Gasteiger partial charge >= 0.3 is 0 Å². The van der Waals surface area contributed by atoms with E-state index >= 15 is 0 Å². The quantitative estimate of drug-likeness (QED) is 0.188. The van der Waals surface area contributed by atoms with Gasteiger partial charge in [0.05, 0.1) is 11.0 Å². The minimum Gasteiger partial charge on any atom is -0.390 e. The van der Waals surface area contributed by atoms with Crippen molar-refractivity contribution in [3.8, 4) is 0 Å². The SMILES string of the molecule is CCCCCCCCCC[C@@H](O)[C@@H](CCCCC(C)C)OS(=O)(=O)c1ccc(C)cc1. The Bertz CT molecular complexity index is 667. The highest BCUT2D eigenvalue weighted by Gasteiger charge is 2.27. The molecule has 5 heteroatoms. The van der Waals surface area contributed by atoms with Crippen LogP contribution in [-0.4, -0.2) is 25.7 Å². The smallest absolute Gasteiger partial charge is 0.297 e. The van der Waals surface area contributed by atoms with E-state index in [0.29, 0.717) is 18.8 Å². The number of unbranched alkanes of at least 4 members (excludes halogenated alkanes) is 8. The second-order valence-electron chi connectivity index (χ2n) is 9.41. The maximum absolute atomic E-state index is 12.8. The lowest BCUT2D eigenvalue weighted by molar-refractivity contribution is 0.0267. The molecule has 1 rings (SSSR count). The number of aliphatic hydroxyl groups excluding tert-OH is 1. The lowest BCUT2D eigenvalue weighted by Gasteiger charge is -2.23. The van der Waals surface area contributed by atoms with Gasteiger partial charge in [0.2, 0.25) is 0 Å². The maximum Gasteiger partial charge on any atom is 0.297 e. The summed E-state index contributed by atoms with van der Waals surface area (Å²) in [6.07, 6.45) is 12.3. The van der Waals surface area contributed by atoms with Gasteiger partial charge in [0.15, 0.2) is 0 Å². The van der Waals surface area contributed by atoms with Crippen LogP contribution in [0.5, 0.6) is 0 Å². The largest absolute Gasteiger partial charge is 0.390 e. The van der Waals surface area contributed by atoms with E-state index in [2.05, 4.69) is 20.8 Å². The average molecular weight is 455 g/mol. The minimum absolute atomic E-state index is 0.157. The number of benzene rings is 1. The lowest BCUT2D eigenvalue weighted by Crippen LogP contribution is -2.31. The Hall–Kier alpha value is -0.910. The summed E-state index contributed by atoms with van der Waals surface area (Å²) in [4.78, 5) is 0.157. The summed E-state index contributed by atoms with van der Waals surface area (Å²) in [6.45, 7) is 8.52. The Morgan fingerprint density at radius 1 is 0.806 bits per heavy atom. The first-order chi connectivity index (χ1) is 14.8. The Balaban J connectivity index is 2.58. The number of hydrogen-bond donors (Lipinski definition) is 1. The van der Waals surface area contributed by atoms with E-state index in [9.17, 15) is 13.5 Å². The van der Waals surface area contributed by atoms with Crippen LogP contribution in [0.1, 0.15) is 110 Å². The number of hydrogen-bond acceptors (Lipinski definition) is 4. The summed E-state index contributed by atoms with van der Waals surface area (Å²) in [5.74, 6) is 0.623. The second kappa shape index (κ2) is 15.8. The third kappa shape index (κ3) is 12.6. The van der Waals surface area contributed by atoms with Crippen molar-refractivity contribution in [1.29, 1.82) is 0 Å². The van der Waals surface area contributed by atoms with Gasteiger partial charge in [-0.1, -0.05) is 109 Å². The summed E-state index contributed by atoms with van der Waals surface area (Å²) < 4.78 is 31.1. The summed E-state index contributed by atoms with van der Waals surface area (Å²) in [5.41, 5.74) is 0.999. The van der Waals surface area contributed by atoms with E-state index in [-0.39, 0.29) is 4.90 Å². The summed E-state index contributed by atoms with van der Waals surface area (Å²) >= 11 is 0. The normalized spacial score (nSPS) is 14.1. The molecule has 0 saturated heterocycles. The molecule has 2 atom stereocenters. The number of aryl methyl sites for hydroxylation is 1. The maximum atomic E-state index is 12.8. The zero-order chi connectivity index (χ0) is 23.1. The fourth-order valence-electron chi connectivity index (χ4n) is 3.80. The zero-order valence-electron chi connectivity index (χ0n) is 20.3. The summed E-state index contributed by atoms with van der Waals surface area (Å²) in [6, 6.07) is 6.69. The van der Waals surface area contributed by atoms with Gasteiger partial charge in [-0.2, -0.15) is 8.42 Å². The standard InChI is InChI=1S/C26H46O4S/c1-5-6-7-8-9-10-11-12-16-25(27)26(17-14-13-15-22(2)3)30-31(28,29)24-20-18-23(4)19-21-24/h18-22,25-27H,5-17H2,1-4H3/t25-,26-/m1/s1. The first kappa shape index (κ1) is 28.1. The molecule has 0 radical (unpaired) electrons.